The molecule has 1 aromatic carbocycles. The van der Waals surface area contributed by atoms with E-state index in [0.717, 1.165) is 68.1 Å². The zero-order chi connectivity index (χ0) is 22.9. The molecule has 7 heteroatoms. The molecular weight excluding hydrogens is 424 g/mol. The Bertz CT molecular complexity index is 1220. The van der Waals surface area contributed by atoms with Crippen LogP contribution in [0.4, 0.5) is 5.82 Å². The number of fused-ring (bicyclic) bond motifs is 3. The van der Waals surface area contributed by atoms with Crippen molar-refractivity contribution in [2.75, 3.05) is 31.1 Å². The molecule has 0 radical (unpaired) electrons. The third-order valence-electron chi connectivity index (χ3n) is 7.61. The minimum absolute atomic E-state index is 0.00544. The summed E-state index contributed by atoms with van der Waals surface area (Å²) < 4.78 is 2.28. The van der Waals surface area contributed by atoms with Crippen LogP contribution in [-0.2, 0) is 17.8 Å². The Balaban J connectivity index is 1.19. The van der Waals surface area contributed by atoms with Crippen LogP contribution in [0.5, 0.6) is 0 Å². The lowest BCUT2D eigenvalue weighted by atomic mass is 9.94. The molecule has 0 bridgehead atoms. The first-order chi connectivity index (χ1) is 16.8. The SMILES string of the molecule is O=C([C@@H]1CCCN(c2ncnc3c2nc2n3CCCCC2)C1)N1CC=C(c2ccccc2)CC1. The van der Waals surface area contributed by atoms with Crippen molar-refractivity contribution in [3.8, 4) is 0 Å². The van der Waals surface area contributed by atoms with Gasteiger partial charge in [0.2, 0.25) is 5.91 Å². The molecule has 176 valence electrons. The number of aryl methyl sites for hydroxylation is 2. The second kappa shape index (κ2) is 9.20. The normalized spacial score (nSPS) is 21.2. The summed E-state index contributed by atoms with van der Waals surface area (Å²) >= 11 is 0. The second-order valence-corrected chi connectivity index (χ2v) is 9.77. The third kappa shape index (κ3) is 3.97. The van der Waals surface area contributed by atoms with Gasteiger partial charge in [-0.2, -0.15) is 0 Å². The first-order valence-corrected chi connectivity index (χ1v) is 12.8. The van der Waals surface area contributed by atoms with Crippen LogP contribution in [0, 0.1) is 5.92 Å². The van der Waals surface area contributed by atoms with Crippen LogP contribution in [0.25, 0.3) is 16.7 Å². The highest BCUT2D eigenvalue weighted by Gasteiger charge is 2.32. The zero-order valence-electron chi connectivity index (χ0n) is 19.7. The van der Waals surface area contributed by atoms with Crippen LogP contribution in [-0.4, -0.2) is 56.5 Å². The van der Waals surface area contributed by atoms with Gasteiger partial charge in [-0.05, 0) is 43.2 Å². The first-order valence-electron chi connectivity index (χ1n) is 12.8. The van der Waals surface area contributed by atoms with Gasteiger partial charge in [-0.3, -0.25) is 4.79 Å². The summed E-state index contributed by atoms with van der Waals surface area (Å²) in [6.45, 7) is 4.10. The Morgan fingerprint density at radius 1 is 0.941 bits per heavy atom. The molecule has 0 saturated carbocycles. The van der Waals surface area contributed by atoms with Gasteiger partial charge in [0.1, 0.15) is 12.2 Å². The highest BCUT2D eigenvalue weighted by atomic mass is 16.2. The van der Waals surface area contributed by atoms with Crippen molar-refractivity contribution in [1.29, 1.82) is 0 Å². The topological polar surface area (TPSA) is 67.2 Å². The van der Waals surface area contributed by atoms with Crippen LogP contribution >= 0.6 is 0 Å². The van der Waals surface area contributed by atoms with Crippen LogP contribution in [0.1, 0.15) is 49.9 Å². The summed E-state index contributed by atoms with van der Waals surface area (Å²) in [5.74, 6) is 2.31. The molecule has 0 aliphatic carbocycles. The van der Waals surface area contributed by atoms with Gasteiger partial charge in [-0.15, -0.1) is 0 Å². The molecule has 7 nitrogen and oxygen atoms in total. The van der Waals surface area contributed by atoms with E-state index in [1.807, 2.05) is 11.0 Å². The Labute approximate surface area is 200 Å². The highest BCUT2D eigenvalue weighted by molar-refractivity contribution is 5.85. The summed E-state index contributed by atoms with van der Waals surface area (Å²) in [6, 6.07) is 10.5. The fourth-order valence-electron chi connectivity index (χ4n) is 5.77. The van der Waals surface area contributed by atoms with Crippen molar-refractivity contribution in [3.63, 3.8) is 0 Å². The Morgan fingerprint density at radius 2 is 1.85 bits per heavy atom. The number of anilines is 1. The Hall–Kier alpha value is -3.22. The van der Waals surface area contributed by atoms with E-state index in [0.29, 0.717) is 13.1 Å². The fourth-order valence-corrected chi connectivity index (χ4v) is 5.77. The van der Waals surface area contributed by atoms with Crippen LogP contribution in [0.3, 0.4) is 0 Å². The van der Waals surface area contributed by atoms with Crippen molar-refractivity contribution in [1.82, 2.24) is 24.4 Å². The van der Waals surface area contributed by atoms with Gasteiger partial charge in [0.05, 0.1) is 5.92 Å². The van der Waals surface area contributed by atoms with Crippen LogP contribution in [0.2, 0.25) is 0 Å². The smallest absolute Gasteiger partial charge is 0.227 e. The zero-order valence-corrected chi connectivity index (χ0v) is 19.7. The average Bonchev–Trinajstić information content (AvgIpc) is 3.09. The largest absolute Gasteiger partial charge is 0.354 e. The molecule has 2 aromatic heterocycles. The van der Waals surface area contributed by atoms with E-state index >= 15 is 0 Å². The van der Waals surface area contributed by atoms with Gasteiger partial charge in [-0.1, -0.05) is 42.8 Å². The number of benzene rings is 1. The molecule has 0 N–H and O–H groups in total. The lowest BCUT2D eigenvalue weighted by molar-refractivity contribution is -0.135. The van der Waals surface area contributed by atoms with Gasteiger partial charge in [0.25, 0.3) is 0 Å². The van der Waals surface area contributed by atoms with E-state index in [1.165, 1.54) is 30.4 Å². The number of nitrogens with zero attached hydrogens (tertiary/aromatic N) is 6. The molecule has 3 aliphatic rings. The molecule has 3 aromatic rings. The van der Waals surface area contributed by atoms with Gasteiger partial charge in [-0.25, -0.2) is 15.0 Å². The number of amides is 1. The van der Waals surface area contributed by atoms with E-state index in [1.54, 1.807) is 6.33 Å². The summed E-state index contributed by atoms with van der Waals surface area (Å²) in [6.07, 6.45) is 11.4. The predicted octanol–water partition coefficient (Wildman–Crippen LogP) is 4.09. The number of carbonyl (C=O) groups is 1. The van der Waals surface area contributed by atoms with E-state index in [9.17, 15) is 4.79 Å². The van der Waals surface area contributed by atoms with Gasteiger partial charge in [0, 0.05) is 39.1 Å². The maximum atomic E-state index is 13.5. The number of hydrogen-bond acceptors (Lipinski definition) is 5. The lowest BCUT2D eigenvalue weighted by Crippen LogP contribution is -2.46. The van der Waals surface area contributed by atoms with Gasteiger partial charge >= 0.3 is 0 Å². The average molecular weight is 457 g/mol. The minimum atomic E-state index is 0.00544. The minimum Gasteiger partial charge on any atom is -0.354 e. The molecule has 0 spiro atoms. The number of carbonyl (C=O) groups excluding carboxylic acids is 1. The standard InChI is InChI=1S/C27H32N6O/c34-27(31-16-12-21(13-17-31)20-8-3-1-4-9-20)22-10-7-14-32(18-22)25-24-26(29-19-28-25)33-15-6-2-5-11-23(33)30-24/h1,3-4,8-9,12,19,22H,2,5-7,10-11,13-18H2/t22-/m1/s1. The first kappa shape index (κ1) is 21.3. The number of imidazole rings is 1. The number of hydrogen-bond donors (Lipinski definition) is 0. The third-order valence-corrected chi connectivity index (χ3v) is 7.61. The summed E-state index contributed by atoms with van der Waals surface area (Å²) in [5, 5.41) is 0. The molecule has 1 atom stereocenters. The number of piperidine rings is 1. The molecule has 3 aliphatic heterocycles. The Morgan fingerprint density at radius 3 is 2.71 bits per heavy atom. The van der Waals surface area contributed by atoms with Gasteiger partial charge < -0.3 is 14.4 Å². The van der Waals surface area contributed by atoms with Crippen molar-refractivity contribution in [2.24, 2.45) is 5.92 Å². The van der Waals surface area contributed by atoms with Crippen molar-refractivity contribution in [3.05, 3.63) is 54.1 Å². The Kier molecular flexibility index (Phi) is 5.77. The lowest BCUT2D eigenvalue weighted by Gasteiger charge is -2.36. The van der Waals surface area contributed by atoms with E-state index in [-0.39, 0.29) is 11.8 Å². The molecule has 6 rings (SSSR count). The summed E-state index contributed by atoms with van der Waals surface area (Å²) in [4.78, 5) is 32.0. The molecule has 34 heavy (non-hydrogen) atoms. The van der Waals surface area contributed by atoms with Crippen LogP contribution < -0.4 is 4.90 Å². The highest BCUT2D eigenvalue weighted by Crippen LogP contribution is 2.31. The monoisotopic (exact) mass is 456 g/mol. The van der Waals surface area contributed by atoms with Crippen molar-refractivity contribution >= 4 is 28.5 Å². The van der Waals surface area contributed by atoms with Crippen molar-refractivity contribution < 1.29 is 4.79 Å². The molecule has 5 heterocycles. The van der Waals surface area contributed by atoms with Crippen LogP contribution in [0.15, 0.2) is 42.7 Å². The van der Waals surface area contributed by atoms with E-state index in [4.69, 9.17) is 4.98 Å². The van der Waals surface area contributed by atoms with Crippen molar-refractivity contribution in [2.45, 2.75) is 51.5 Å². The molecule has 1 fully saturated rings. The molecule has 0 unspecified atom stereocenters. The molecule has 1 saturated heterocycles. The molecular formula is C27H32N6O. The van der Waals surface area contributed by atoms with E-state index in [2.05, 4.69) is 49.8 Å². The summed E-state index contributed by atoms with van der Waals surface area (Å²) in [7, 11) is 0. The quantitative estimate of drug-likeness (QED) is 0.594. The summed E-state index contributed by atoms with van der Waals surface area (Å²) in [5.41, 5.74) is 4.47. The molecule has 1 amide bonds. The maximum absolute atomic E-state index is 13.5. The van der Waals surface area contributed by atoms with E-state index < -0.39 is 0 Å². The predicted molar refractivity (Wildman–Crippen MR) is 133 cm³/mol. The second-order valence-electron chi connectivity index (χ2n) is 9.77. The van der Waals surface area contributed by atoms with Gasteiger partial charge in [0.15, 0.2) is 17.0 Å². The number of rotatable bonds is 3. The maximum Gasteiger partial charge on any atom is 0.227 e. The number of aromatic nitrogens is 4. The fraction of sp³-hybridized carbons (Fsp3) is 0.481.